The maximum atomic E-state index is 3.53. The first-order valence-electron chi connectivity index (χ1n) is 8.31. The zero-order valence-electron chi connectivity index (χ0n) is 13.7. The van der Waals surface area contributed by atoms with E-state index in [2.05, 4.69) is 72.3 Å². The molecule has 0 bridgehead atoms. The van der Waals surface area contributed by atoms with Gasteiger partial charge in [0, 0.05) is 24.1 Å². The molecule has 3 rings (SSSR count). The van der Waals surface area contributed by atoms with Crippen LogP contribution < -0.4 is 10.6 Å². The van der Waals surface area contributed by atoms with Gasteiger partial charge in [-0.1, -0.05) is 36.4 Å². The smallest absolute Gasteiger partial charge is 0.0379 e. The van der Waals surface area contributed by atoms with Gasteiger partial charge in [-0.3, -0.25) is 0 Å². The van der Waals surface area contributed by atoms with E-state index in [1.54, 1.807) is 0 Å². The Kier molecular flexibility index (Phi) is 5.15. The normalized spacial score (nSPS) is 16.5. The van der Waals surface area contributed by atoms with Crippen molar-refractivity contribution in [3.63, 3.8) is 0 Å². The number of nitrogens with one attached hydrogen (secondary N) is 2. The molecular formula is C21H24N2. The summed E-state index contributed by atoms with van der Waals surface area (Å²) >= 11 is 0. The minimum atomic E-state index is 0.929. The molecule has 0 unspecified atom stereocenters. The number of rotatable bonds is 5. The highest BCUT2D eigenvalue weighted by atomic mass is 14.9. The molecule has 1 aliphatic rings. The van der Waals surface area contributed by atoms with Crippen LogP contribution in [-0.2, 0) is 0 Å². The Morgan fingerprint density at radius 1 is 0.870 bits per heavy atom. The van der Waals surface area contributed by atoms with Crippen molar-refractivity contribution < 1.29 is 0 Å². The van der Waals surface area contributed by atoms with E-state index in [0.717, 1.165) is 18.7 Å². The fourth-order valence-corrected chi connectivity index (χ4v) is 2.97. The number of allylic oxidation sites excluding steroid dienone is 2. The second-order valence-corrected chi connectivity index (χ2v) is 5.98. The highest BCUT2D eigenvalue weighted by Crippen LogP contribution is 2.29. The molecule has 0 aromatic heterocycles. The van der Waals surface area contributed by atoms with Crippen LogP contribution in [0.4, 0.5) is 11.4 Å². The van der Waals surface area contributed by atoms with Gasteiger partial charge in [0.1, 0.15) is 0 Å². The third-order valence-electron chi connectivity index (χ3n) is 4.40. The van der Waals surface area contributed by atoms with E-state index in [1.807, 2.05) is 12.1 Å². The van der Waals surface area contributed by atoms with Gasteiger partial charge < -0.3 is 10.6 Å². The topological polar surface area (TPSA) is 24.1 Å². The van der Waals surface area contributed by atoms with Crippen molar-refractivity contribution in [1.82, 2.24) is 0 Å². The lowest BCUT2D eigenvalue weighted by Gasteiger charge is -2.22. The van der Waals surface area contributed by atoms with Gasteiger partial charge in [-0.25, -0.2) is 0 Å². The monoisotopic (exact) mass is 304 g/mol. The first kappa shape index (κ1) is 15.4. The molecule has 2 aromatic carbocycles. The highest BCUT2D eigenvalue weighted by molar-refractivity contribution is 5.49. The average Bonchev–Trinajstić information content (AvgIpc) is 2.61. The number of para-hydroxylation sites is 2. The van der Waals surface area contributed by atoms with Crippen LogP contribution in [0.5, 0.6) is 0 Å². The number of anilines is 2. The maximum Gasteiger partial charge on any atom is 0.0379 e. The van der Waals surface area contributed by atoms with E-state index in [4.69, 9.17) is 0 Å². The van der Waals surface area contributed by atoms with E-state index in [0.29, 0.717) is 0 Å². The predicted molar refractivity (Wildman–Crippen MR) is 99.6 cm³/mol. The first-order chi connectivity index (χ1) is 11.3. The Balaban J connectivity index is 1.67. The molecule has 1 aliphatic carbocycles. The SMILES string of the molecule is CC1=C(CNc2ccccc2)CCC/C1=C\Nc1ccccc1. The largest absolute Gasteiger partial charge is 0.381 e. The first-order valence-corrected chi connectivity index (χ1v) is 8.31. The number of hydrogen-bond acceptors (Lipinski definition) is 2. The quantitative estimate of drug-likeness (QED) is 0.752. The summed E-state index contributed by atoms with van der Waals surface area (Å²) in [6.45, 7) is 3.18. The van der Waals surface area contributed by atoms with Crippen LogP contribution in [0.1, 0.15) is 26.2 Å². The molecular weight excluding hydrogens is 280 g/mol. The van der Waals surface area contributed by atoms with Crippen LogP contribution in [0.2, 0.25) is 0 Å². The molecule has 0 atom stereocenters. The second-order valence-electron chi connectivity index (χ2n) is 5.98. The van der Waals surface area contributed by atoms with Crippen molar-refractivity contribution in [3.05, 3.63) is 83.6 Å². The van der Waals surface area contributed by atoms with E-state index >= 15 is 0 Å². The van der Waals surface area contributed by atoms with Crippen molar-refractivity contribution in [2.45, 2.75) is 26.2 Å². The maximum absolute atomic E-state index is 3.53. The molecule has 0 saturated carbocycles. The number of hydrogen-bond donors (Lipinski definition) is 2. The molecule has 0 saturated heterocycles. The summed E-state index contributed by atoms with van der Waals surface area (Å²) in [5, 5.41) is 6.96. The summed E-state index contributed by atoms with van der Waals surface area (Å²) in [5.74, 6) is 0. The van der Waals surface area contributed by atoms with E-state index in [-0.39, 0.29) is 0 Å². The van der Waals surface area contributed by atoms with Crippen molar-refractivity contribution in [3.8, 4) is 0 Å². The Morgan fingerprint density at radius 2 is 1.52 bits per heavy atom. The molecule has 2 aromatic rings. The Morgan fingerprint density at radius 3 is 2.22 bits per heavy atom. The van der Waals surface area contributed by atoms with E-state index in [1.165, 1.54) is 35.2 Å². The van der Waals surface area contributed by atoms with Gasteiger partial charge in [-0.15, -0.1) is 0 Å². The van der Waals surface area contributed by atoms with Gasteiger partial charge in [-0.2, -0.15) is 0 Å². The molecule has 0 aliphatic heterocycles. The van der Waals surface area contributed by atoms with Crippen LogP contribution in [0.25, 0.3) is 0 Å². The minimum Gasteiger partial charge on any atom is -0.381 e. The average molecular weight is 304 g/mol. The van der Waals surface area contributed by atoms with E-state index in [9.17, 15) is 0 Å². The van der Waals surface area contributed by atoms with Gasteiger partial charge in [-0.05, 0) is 67.2 Å². The van der Waals surface area contributed by atoms with Crippen LogP contribution in [-0.4, -0.2) is 6.54 Å². The molecule has 0 radical (unpaired) electrons. The fraction of sp³-hybridized carbons (Fsp3) is 0.238. The second kappa shape index (κ2) is 7.68. The molecule has 2 N–H and O–H groups in total. The molecule has 2 heteroatoms. The van der Waals surface area contributed by atoms with Crippen LogP contribution in [0.15, 0.2) is 83.6 Å². The molecule has 0 spiro atoms. The molecule has 2 nitrogen and oxygen atoms in total. The van der Waals surface area contributed by atoms with Crippen molar-refractivity contribution >= 4 is 11.4 Å². The zero-order chi connectivity index (χ0) is 15.9. The summed E-state index contributed by atoms with van der Waals surface area (Å²) in [6, 6.07) is 20.8. The summed E-state index contributed by atoms with van der Waals surface area (Å²) in [5.41, 5.74) is 6.70. The Bertz CT molecular complexity index is 684. The van der Waals surface area contributed by atoms with Crippen molar-refractivity contribution in [2.24, 2.45) is 0 Å². The lowest BCUT2D eigenvalue weighted by atomic mass is 9.88. The predicted octanol–water partition coefficient (Wildman–Crippen LogP) is 5.59. The van der Waals surface area contributed by atoms with Gasteiger partial charge >= 0.3 is 0 Å². The van der Waals surface area contributed by atoms with Crippen molar-refractivity contribution in [1.29, 1.82) is 0 Å². The lowest BCUT2D eigenvalue weighted by molar-refractivity contribution is 0.752. The summed E-state index contributed by atoms with van der Waals surface area (Å²) < 4.78 is 0. The van der Waals surface area contributed by atoms with Gasteiger partial charge in [0.15, 0.2) is 0 Å². The van der Waals surface area contributed by atoms with Gasteiger partial charge in [0.05, 0.1) is 0 Å². The van der Waals surface area contributed by atoms with Gasteiger partial charge in [0.25, 0.3) is 0 Å². The third kappa shape index (κ3) is 4.26. The molecule has 23 heavy (non-hydrogen) atoms. The molecule has 0 fully saturated rings. The van der Waals surface area contributed by atoms with Crippen molar-refractivity contribution in [2.75, 3.05) is 17.2 Å². The summed E-state index contributed by atoms with van der Waals surface area (Å²) in [4.78, 5) is 0. The molecule has 0 amide bonds. The van der Waals surface area contributed by atoms with Crippen LogP contribution in [0, 0.1) is 0 Å². The van der Waals surface area contributed by atoms with E-state index < -0.39 is 0 Å². The number of benzene rings is 2. The third-order valence-corrected chi connectivity index (χ3v) is 4.40. The standard InChI is InChI=1S/C21H24N2/c1-17-18(15-22-20-11-4-2-5-12-20)9-8-10-19(17)16-23-21-13-6-3-7-14-21/h2-7,11-15,22-23H,8-10,16H2,1H3/b18-15+. The van der Waals surface area contributed by atoms with Gasteiger partial charge in [0.2, 0.25) is 0 Å². The minimum absolute atomic E-state index is 0.929. The Hall–Kier alpha value is -2.48. The summed E-state index contributed by atoms with van der Waals surface area (Å²) in [7, 11) is 0. The molecule has 118 valence electrons. The zero-order valence-corrected chi connectivity index (χ0v) is 13.7. The lowest BCUT2D eigenvalue weighted by Crippen LogP contribution is -2.11. The Labute approximate surface area is 138 Å². The van der Waals surface area contributed by atoms with Crippen LogP contribution in [0.3, 0.4) is 0 Å². The fourth-order valence-electron chi connectivity index (χ4n) is 2.97. The van der Waals surface area contributed by atoms with Crippen LogP contribution >= 0.6 is 0 Å². The summed E-state index contributed by atoms with van der Waals surface area (Å²) in [6.07, 6.45) is 5.74. The highest BCUT2D eigenvalue weighted by Gasteiger charge is 2.13. The molecule has 0 heterocycles.